The number of aryl methyl sites for hydroxylation is 1. The quantitative estimate of drug-likeness (QED) is 0.704. The zero-order valence-corrected chi connectivity index (χ0v) is 11.0. The van der Waals surface area contributed by atoms with Crippen LogP contribution < -0.4 is 11.1 Å². The van der Waals surface area contributed by atoms with Crippen LogP contribution in [0.2, 0.25) is 0 Å². The Morgan fingerprint density at radius 1 is 1.29 bits per heavy atom. The largest absolute Gasteiger partial charge is 0.480 e. The zero-order chi connectivity index (χ0) is 15.2. The van der Waals surface area contributed by atoms with Gasteiger partial charge in [-0.25, -0.2) is 9.42 Å². The number of carboxylic acid groups (broad SMARTS) is 1. The molecule has 8 nitrogen and oxygen atoms in total. The lowest BCUT2D eigenvalue weighted by atomic mass is 10.1. The molecule has 21 heavy (non-hydrogen) atoms. The van der Waals surface area contributed by atoms with E-state index in [2.05, 4.69) is 20.3 Å². The summed E-state index contributed by atoms with van der Waals surface area (Å²) in [6.45, 7) is 0. The Morgan fingerprint density at radius 3 is 2.57 bits per heavy atom. The second-order valence-electron chi connectivity index (χ2n) is 4.39. The summed E-state index contributed by atoms with van der Waals surface area (Å²) in [5.41, 5.74) is 6.15. The highest BCUT2D eigenvalue weighted by Crippen LogP contribution is 2.08. The second kappa shape index (κ2) is 6.51. The van der Waals surface area contributed by atoms with Crippen molar-refractivity contribution in [3.8, 4) is 0 Å². The highest BCUT2D eigenvalue weighted by Gasteiger charge is 2.24. The van der Waals surface area contributed by atoms with Crippen molar-refractivity contribution in [1.82, 2.24) is 15.6 Å². The maximum atomic E-state index is 11.8. The minimum atomic E-state index is -1.13. The number of nitrogens with two attached hydrogens (primary N) is 1. The van der Waals surface area contributed by atoms with Gasteiger partial charge in [0.25, 0.3) is 5.91 Å². The fourth-order valence-corrected chi connectivity index (χ4v) is 1.79. The van der Waals surface area contributed by atoms with Crippen LogP contribution in [0.25, 0.3) is 0 Å². The predicted molar refractivity (Wildman–Crippen MR) is 72.4 cm³/mol. The molecule has 4 N–H and O–H groups in total. The fraction of sp³-hybridized carbons (Fsp3) is 0.231. The lowest BCUT2D eigenvalue weighted by Crippen LogP contribution is -2.41. The summed E-state index contributed by atoms with van der Waals surface area (Å²) < 4.78 is 4.30. The van der Waals surface area contributed by atoms with Gasteiger partial charge in [-0.2, -0.15) is 0 Å². The topological polar surface area (TPSA) is 131 Å². The molecule has 0 saturated heterocycles. The number of benzene rings is 1. The highest BCUT2D eigenvalue weighted by atomic mass is 16.6. The SMILES string of the molecule is Nc1nonc1C(=O)N[C@@H](CCc1ccccc1)C(=O)O. The maximum absolute atomic E-state index is 11.8. The first-order valence-electron chi connectivity index (χ1n) is 6.23. The van der Waals surface area contributed by atoms with E-state index in [1.54, 1.807) is 0 Å². The number of carbonyl (C=O) groups is 2. The van der Waals surface area contributed by atoms with Crippen LogP contribution in [0.3, 0.4) is 0 Å². The molecule has 0 radical (unpaired) electrons. The van der Waals surface area contributed by atoms with Crippen molar-refractivity contribution in [2.24, 2.45) is 0 Å². The Bertz CT molecular complexity index is 626. The molecule has 0 aliphatic carbocycles. The van der Waals surface area contributed by atoms with Crippen molar-refractivity contribution < 1.29 is 19.3 Å². The van der Waals surface area contributed by atoms with E-state index in [1.165, 1.54) is 0 Å². The number of hydrogen-bond donors (Lipinski definition) is 3. The smallest absolute Gasteiger partial charge is 0.326 e. The van der Waals surface area contributed by atoms with Gasteiger partial charge in [-0.3, -0.25) is 4.79 Å². The monoisotopic (exact) mass is 290 g/mol. The van der Waals surface area contributed by atoms with E-state index in [4.69, 9.17) is 10.8 Å². The molecule has 0 aliphatic rings. The number of carboxylic acids is 1. The molecule has 0 bridgehead atoms. The van der Waals surface area contributed by atoms with E-state index in [0.29, 0.717) is 6.42 Å². The van der Waals surface area contributed by atoms with Crippen LogP contribution in [-0.4, -0.2) is 33.3 Å². The average Bonchev–Trinajstić information content (AvgIpc) is 2.90. The molecule has 2 rings (SSSR count). The summed E-state index contributed by atoms with van der Waals surface area (Å²) >= 11 is 0. The normalized spacial score (nSPS) is 11.8. The van der Waals surface area contributed by atoms with Crippen molar-refractivity contribution >= 4 is 17.7 Å². The number of hydrogen-bond acceptors (Lipinski definition) is 6. The molecule has 0 fully saturated rings. The standard InChI is InChI=1S/C13H14N4O4/c14-11-10(16-21-17-11)12(18)15-9(13(19)20)7-6-8-4-2-1-3-5-8/h1-5,9H,6-7H2,(H2,14,17)(H,15,18)(H,19,20)/t9-/m0/s1. The van der Waals surface area contributed by atoms with Crippen LogP contribution in [0.4, 0.5) is 5.82 Å². The van der Waals surface area contributed by atoms with Crippen LogP contribution >= 0.6 is 0 Å². The third-order valence-electron chi connectivity index (χ3n) is 2.90. The van der Waals surface area contributed by atoms with Crippen molar-refractivity contribution in [1.29, 1.82) is 0 Å². The molecule has 1 heterocycles. The van der Waals surface area contributed by atoms with Gasteiger partial charge in [0.15, 0.2) is 0 Å². The Kier molecular flexibility index (Phi) is 4.50. The molecule has 1 aromatic heterocycles. The number of nitrogens with zero attached hydrogens (tertiary/aromatic N) is 2. The Balaban J connectivity index is 1.98. The summed E-state index contributed by atoms with van der Waals surface area (Å²) in [6, 6.07) is 8.34. The number of rotatable bonds is 6. The Hall–Kier alpha value is -2.90. The third-order valence-corrected chi connectivity index (χ3v) is 2.90. The van der Waals surface area contributed by atoms with Crippen LogP contribution in [-0.2, 0) is 11.2 Å². The number of anilines is 1. The van der Waals surface area contributed by atoms with E-state index in [0.717, 1.165) is 5.56 Å². The van der Waals surface area contributed by atoms with Gasteiger partial charge in [-0.1, -0.05) is 30.3 Å². The molecule has 1 aromatic carbocycles. The van der Waals surface area contributed by atoms with Crippen molar-refractivity contribution in [2.75, 3.05) is 5.73 Å². The minimum absolute atomic E-state index is 0.181. The Labute approximate surface area is 119 Å². The molecule has 110 valence electrons. The average molecular weight is 290 g/mol. The minimum Gasteiger partial charge on any atom is -0.480 e. The lowest BCUT2D eigenvalue weighted by molar-refractivity contribution is -0.139. The van der Waals surface area contributed by atoms with Crippen LogP contribution in [0.15, 0.2) is 35.0 Å². The van der Waals surface area contributed by atoms with E-state index in [9.17, 15) is 9.59 Å². The van der Waals surface area contributed by atoms with E-state index in [1.807, 2.05) is 30.3 Å². The highest BCUT2D eigenvalue weighted by molar-refractivity contribution is 5.98. The third kappa shape index (κ3) is 3.78. The van der Waals surface area contributed by atoms with Gasteiger partial charge in [-0.05, 0) is 28.7 Å². The van der Waals surface area contributed by atoms with Crippen LogP contribution in [0, 0.1) is 0 Å². The summed E-state index contributed by atoms with van der Waals surface area (Å²) in [5.74, 6) is -2.04. The van der Waals surface area contributed by atoms with Crippen LogP contribution in [0.1, 0.15) is 22.5 Å². The van der Waals surface area contributed by atoms with Gasteiger partial charge in [0.1, 0.15) is 6.04 Å². The van der Waals surface area contributed by atoms with Gasteiger partial charge < -0.3 is 16.2 Å². The summed E-state index contributed by atoms with van der Waals surface area (Å²) in [4.78, 5) is 23.0. The van der Waals surface area contributed by atoms with Crippen molar-refractivity contribution in [3.05, 3.63) is 41.6 Å². The number of carbonyl (C=O) groups excluding carboxylic acids is 1. The first kappa shape index (κ1) is 14.5. The molecule has 2 aromatic rings. The number of aromatic nitrogens is 2. The van der Waals surface area contributed by atoms with E-state index >= 15 is 0 Å². The first-order chi connectivity index (χ1) is 10.1. The molecular weight excluding hydrogens is 276 g/mol. The second-order valence-corrected chi connectivity index (χ2v) is 4.39. The molecule has 0 spiro atoms. The van der Waals surface area contributed by atoms with Crippen molar-refractivity contribution in [3.63, 3.8) is 0 Å². The van der Waals surface area contributed by atoms with Gasteiger partial charge in [-0.15, -0.1) is 0 Å². The molecule has 0 saturated carbocycles. The number of amides is 1. The summed E-state index contributed by atoms with van der Waals surface area (Å²) in [7, 11) is 0. The molecule has 0 aliphatic heterocycles. The van der Waals surface area contributed by atoms with E-state index in [-0.39, 0.29) is 17.9 Å². The molecular formula is C13H14N4O4. The fourth-order valence-electron chi connectivity index (χ4n) is 1.79. The predicted octanol–water partition coefficient (Wildman–Crippen LogP) is 0.468. The molecule has 1 amide bonds. The van der Waals surface area contributed by atoms with Gasteiger partial charge in [0.05, 0.1) is 0 Å². The van der Waals surface area contributed by atoms with Gasteiger partial charge >= 0.3 is 5.97 Å². The zero-order valence-electron chi connectivity index (χ0n) is 11.0. The molecule has 1 atom stereocenters. The van der Waals surface area contributed by atoms with Crippen molar-refractivity contribution in [2.45, 2.75) is 18.9 Å². The van der Waals surface area contributed by atoms with Gasteiger partial charge in [0, 0.05) is 0 Å². The Morgan fingerprint density at radius 2 is 2.00 bits per heavy atom. The summed E-state index contributed by atoms with van der Waals surface area (Å²) in [5, 5.41) is 18.1. The van der Waals surface area contributed by atoms with Crippen LogP contribution in [0.5, 0.6) is 0 Å². The number of aliphatic carboxylic acids is 1. The lowest BCUT2D eigenvalue weighted by Gasteiger charge is -2.13. The molecule has 8 heteroatoms. The number of nitrogen functional groups attached to an aromatic ring is 1. The number of nitrogens with one attached hydrogen (secondary N) is 1. The first-order valence-corrected chi connectivity index (χ1v) is 6.23. The van der Waals surface area contributed by atoms with E-state index < -0.39 is 17.9 Å². The molecule has 0 unspecified atom stereocenters. The van der Waals surface area contributed by atoms with Gasteiger partial charge in [0.2, 0.25) is 11.5 Å². The maximum Gasteiger partial charge on any atom is 0.326 e. The summed E-state index contributed by atoms with van der Waals surface area (Å²) in [6.07, 6.45) is 0.765.